The van der Waals surface area contributed by atoms with Crippen LogP contribution in [0.1, 0.15) is 24.8 Å². The molecule has 0 bridgehead atoms. The lowest BCUT2D eigenvalue weighted by atomic mass is 9.82. The number of nitrogens with zero attached hydrogens (tertiary/aromatic N) is 2. The first-order valence-electron chi connectivity index (χ1n) is 7.86. The fraction of sp³-hybridized carbons (Fsp3) is 0.688. The van der Waals surface area contributed by atoms with E-state index in [1.165, 1.54) is 0 Å². The van der Waals surface area contributed by atoms with E-state index in [1.54, 1.807) is 17.8 Å². The summed E-state index contributed by atoms with van der Waals surface area (Å²) < 4.78 is 7.43. The van der Waals surface area contributed by atoms with Gasteiger partial charge in [-0.25, -0.2) is 0 Å². The summed E-state index contributed by atoms with van der Waals surface area (Å²) in [5, 5.41) is 19.4. The lowest BCUT2D eigenvalue weighted by Gasteiger charge is -2.46. The Kier molecular flexibility index (Phi) is 4.36. The second-order valence-corrected chi connectivity index (χ2v) is 6.56. The van der Waals surface area contributed by atoms with E-state index >= 15 is 0 Å². The molecular formula is C16H24N2O4. The minimum Gasteiger partial charge on any atom is -0.390 e. The molecule has 2 fully saturated rings. The molecule has 2 atom stereocenters. The number of hydrogen-bond acceptors (Lipinski definition) is 5. The molecule has 6 heteroatoms. The van der Waals surface area contributed by atoms with E-state index in [9.17, 15) is 15.0 Å². The van der Waals surface area contributed by atoms with Crippen LogP contribution in [0.3, 0.4) is 0 Å². The molecule has 6 nitrogen and oxygen atoms in total. The summed E-state index contributed by atoms with van der Waals surface area (Å²) >= 11 is 0. The molecule has 1 aromatic heterocycles. The summed E-state index contributed by atoms with van der Waals surface area (Å²) in [6.45, 7) is 2.52. The van der Waals surface area contributed by atoms with Crippen molar-refractivity contribution >= 4 is 0 Å². The van der Waals surface area contributed by atoms with Crippen molar-refractivity contribution in [2.24, 2.45) is 7.05 Å². The van der Waals surface area contributed by atoms with Crippen LogP contribution in [0.4, 0.5) is 0 Å². The fourth-order valence-electron chi connectivity index (χ4n) is 3.43. The van der Waals surface area contributed by atoms with Crippen molar-refractivity contribution in [1.82, 2.24) is 9.47 Å². The first kappa shape index (κ1) is 15.7. The number of rotatable bonds is 2. The van der Waals surface area contributed by atoms with Crippen LogP contribution in [0.25, 0.3) is 0 Å². The Bertz CT molecular complexity index is 578. The molecular weight excluding hydrogens is 284 g/mol. The van der Waals surface area contributed by atoms with Crippen LogP contribution in [0.5, 0.6) is 0 Å². The molecule has 2 N–H and O–H groups in total. The summed E-state index contributed by atoms with van der Waals surface area (Å²) in [6.07, 6.45) is 2.44. The highest BCUT2D eigenvalue weighted by Crippen LogP contribution is 2.35. The number of hydrogen-bond donors (Lipinski definition) is 2. The normalized spacial score (nSPS) is 28.9. The average molecular weight is 308 g/mol. The Labute approximate surface area is 129 Å². The zero-order chi connectivity index (χ0) is 15.7. The second kappa shape index (κ2) is 6.12. The van der Waals surface area contributed by atoms with Gasteiger partial charge in [0.05, 0.1) is 18.3 Å². The zero-order valence-electron chi connectivity index (χ0n) is 12.9. The number of pyridine rings is 1. The third-order valence-corrected chi connectivity index (χ3v) is 4.95. The van der Waals surface area contributed by atoms with Crippen molar-refractivity contribution in [2.45, 2.75) is 43.6 Å². The molecule has 2 aliphatic rings. The molecule has 0 aliphatic carbocycles. The predicted molar refractivity (Wildman–Crippen MR) is 81.5 cm³/mol. The van der Waals surface area contributed by atoms with Crippen molar-refractivity contribution in [2.75, 3.05) is 19.7 Å². The molecule has 22 heavy (non-hydrogen) atoms. The van der Waals surface area contributed by atoms with Gasteiger partial charge in [-0.3, -0.25) is 9.69 Å². The van der Waals surface area contributed by atoms with Crippen LogP contribution in [0.2, 0.25) is 0 Å². The Morgan fingerprint density at radius 1 is 1.32 bits per heavy atom. The number of aliphatic hydroxyl groups is 2. The van der Waals surface area contributed by atoms with E-state index in [0.29, 0.717) is 13.0 Å². The number of piperidine rings is 1. The van der Waals surface area contributed by atoms with Crippen LogP contribution in [0.15, 0.2) is 23.1 Å². The lowest BCUT2D eigenvalue weighted by molar-refractivity contribution is -0.188. The quantitative estimate of drug-likeness (QED) is 0.795. The molecule has 1 spiro atoms. The van der Waals surface area contributed by atoms with Crippen LogP contribution < -0.4 is 5.56 Å². The van der Waals surface area contributed by atoms with E-state index in [0.717, 1.165) is 31.5 Å². The van der Waals surface area contributed by atoms with E-state index in [4.69, 9.17) is 4.74 Å². The molecule has 1 aromatic rings. The molecule has 0 aromatic carbocycles. The van der Waals surface area contributed by atoms with Crippen LogP contribution in [0, 0.1) is 0 Å². The van der Waals surface area contributed by atoms with Crippen LogP contribution in [-0.2, 0) is 18.3 Å². The number of aromatic nitrogens is 1. The van der Waals surface area contributed by atoms with Crippen molar-refractivity contribution in [3.05, 3.63) is 34.2 Å². The summed E-state index contributed by atoms with van der Waals surface area (Å²) in [5.74, 6) is 0. The number of aryl methyl sites for hydroxylation is 1. The zero-order valence-corrected chi connectivity index (χ0v) is 12.9. The first-order chi connectivity index (χ1) is 10.5. The van der Waals surface area contributed by atoms with Gasteiger partial charge in [0.15, 0.2) is 0 Å². The van der Waals surface area contributed by atoms with Crippen LogP contribution in [-0.4, -0.2) is 57.2 Å². The summed E-state index contributed by atoms with van der Waals surface area (Å²) in [4.78, 5) is 14.3. The maximum absolute atomic E-state index is 12.1. The fourth-order valence-corrected chi connectivity index (χ4v) is 3.43. The molecule has 122 valence electrons. The van der Waals surface area contributed by atoms with Crippen molar-refractivity contribution in [3.63, 3.8) is 0 Å². The van der Waals surface area contributed by atoms with Gasteiger partial charge in [0.2, 0.25) is 0 Å². The molecule has 0 radical (unpaired) electrons. The standard InChI is InChI=1S/C16H24N2O4/c1-17-6-2-3-12(15(17)21)10-18-7-4-16(5-8-18)9-13(19)14(20)11-22-16/h2-3,6,13-14,19-20H,4-5,7-11H2,1H3/t13-,14+/m1/s1. The monoisotopic (exact) mass is 308 g/mol. The minimum absolute atomic E-state index is 0.0512. The Balaban J connectivity index is 1.60. The Morgan fingerprint density at radius 3 is 2.73 bits per heavy atom. The largest absolute Gasteiger partial charge is 0.390 e. The van der Waals surface area contributed by atoms with Gasteiger partial charge in [0, 0.05) is 44.9 Å². The van der Waals surface area contributed by atoms with Gasteiger partial charge in [-0.15, -0.1) is 0 Å². The average Bonchev–Trinajstić information content (AvgIpc) is 2.51. The summed E-state index contributed by atoms with van der Waals surface area (Å²) in [7, 11) is 1.76. The topological polar surface area (TPSA) is 74.9 Å². The van der Waals surface area contributed by atoms with Gasteiger partial charge in [-0.2, -0.15) is 0 Å². The molecule has 2 saturated heterocycles. The SMILES string of the molecule is Cn1cccc(CN2CCC3(CC2)C[C@@H](O)[C@@H](O)CO3)c1=O. The molecule has 0 saturated carbocycles. The number of likely N-dealkylation sites (tertiary alicyclic amines) is 1. The number of aliphatic hydroxyl groups excluding tert-OH is 2. The first-order valence-corrected chi connectivity index (χ1v) is 7.86. The van der Waals surface area contributed by atoms with E-state index in [-0.39, 0.29) is 17.8 Å². The van der Waals surface area contributed by atoms with Crippen molar-refractivity contribution in [1.29, 1.82) is 0 Å². The predicted octanol–water partition coefficient (Wildman–Crippen LogP) is -0.138. The van der Waals surface area contributed by atoms with Gasteiger partial charge in [0.1, 0.15) is 6.10 Å². The third kappa shape index (κ3) is 3.10. The van der Waals surface area contributed by atoms with Gasteiger partial charge in [-0.1, -0.05) is 6.07 Å². The smallest absolute Gasteiger partial charge is 0.254 e. The minimum atomic E-state index is -0.768. The van der Waals surface area contributed by atoms with Crippen molar-refractivity contribution in [3.8, 4) is 0 Å². The lowest BCUT2D eigenvalue weighted by Crippen LogP contribution is -2.54. The van der Waals surface area contributed by atoms with Crippen LogP contribution >= 0.6 is 0 Å². The maximum Gasteiger partial charge on any atom is 0.254 e. The van der Waals surface area contributed by atoms with E-state index in [1.807, 2.05) is 12.1 Å². The van der Waals surface area contributed by atoms with Gasteiger partial charge in [-0.05, 0) is 18.9 Å². The van der Waals surface area contributed by atoms with E-state index < -0.39 is 12.2 Å². The van der Waals surface area contributed by atoms with Crippen molar-refractivity contribution < 1.29 is 14.9 Å². The van der Waals surface area contributed by atoms with Gasteiger partial charge >= 0.3 is 0 Å². The molecule has 3 heterocycles. The molecule has 3 rings (SSSR count). The van der Waals surface area contributed by atoms with Gasteiger partial charge < -0.3 is 19.5 Å². The highest BCUT2D eigenvalue weighted by Gasteiger charge is 2.42. The third-order valence-electron chi connectivity index (χ3n) is 4.95. The molecule has 0 unspecified atom stereocenters. The molecule has 0 amide bonds. The summed E-state index contributed by atoms with van der Waals surface area (Å²) in [5.41, 5.74) is 0.549. The highest BCUT2D eigenvalue weighted by molar-refractivity contribution is 5.10. The number of ether oxygens (including phenoxy) is 1. The Hall–Kier alpha value is -1.21. The summed E-state index contributed by atoms with van der Waals surface area (Å²) in [6, 6.07) is 3.77. The second-order valence-electron chi connectivity index (χ2n) is 6.56. The van der Waals surface area contributed by atoms with Gasteiger partial charge in [0.25, 0.3) is 5.56 Å². The maximum atomic E-state index is 12.1. The highest BCUT2D eigenvalue weighted by atomic mass is 16.5. The Morgan fingerprint density at radius 2 is 2.05 bits per heavy atom. The molecule has 2 aliphatic heterocycles. The van der Waals surface area contributed by atoms with E-state index in [2.05, 4.69) is 4.90 Å².